The molecule has 0 bridgehead atoms. The summed E-state index contributed by atoms with van der Waals surface area (Å²) >= 11 is 0. The predicted octanol–water partition coefficient (Wildman–Crippen LogP) is 4.25. The van der Waals surface area contributed by atoms with Gasteiger partial charge >= 0.3 is 6.01 Å². The van der Waals surface area contributed by atoms with Crippen LogP contribution < -0.4 is 10.1 Å². The highest BCUT2D eigenvalue weighted by atomic mass is 16.5. The van der Waals surface area contributed by atoms with E-state index in [1.165, 1.54) is 5.56 Å². The van der Waals surface area contributed by atoms with Crippen molar-refractivity contribution in [2.45, 2.75) is 27.2 Å². The van der Waals surface area contributed by atoms with E-state index in [0.717, 1.165) is 16.9 Å². The largest absolute Gasteiger partial charge is 0.460 e. The summed E-state index contributed by atoms with van der Waals surface area (Å²) in [5, 5.41) is 7.44. The van der Waals surface area contributed by atoms with Crippen LogP contribution in [0.2, 0.25) is 0 Å². The lowest BCUT2D eigenvalue weighted by Gasteiger charge is -2.09. The minimum absolute atomic E-state index is 0.00711. The normalized spacial score (nSPS) is 11.0. The van der Waals surface area contributed by atoms with Crippen LogP contribution in [0.5, 0.6) is 6.01 Å². The minimum atomic E-state index is 0.00711. The number of hydrogen-bond donors (Lipinski definition) is 1. The summed E-state index contributed by atoms with van der Waals surface area (Å²) in [4.78, 5) is 16.6. The molecule has 158 valence electrons. The molecule has 3 aromatic rings. The van der Waals surface area contributed by atoms with Crippen molar-refractivity contribution >= 4 is 11.6 Å². The van der Waals surface area contributed by atoms with E-state index in [-0.39, 0.29) is 11.9 Å². The maximum atomic E-state index is 12.0. The molecular weight excluding hydrogens is 380 g/mol. The van der Waals surface area contributed by atoms with Crippen molar-refractivity contribution in [1.29, 1.82) is 0 Å². The number of nitrogens with one attached hydrogen (secondary N) is 1. The fraction of sp³-hybridized carbons (Fsp3) is 0.348. The minimum Gasteiger partial charge on any atom is -0.460 e. The number of amides is 1. The fourth-order valence-corrected chi connectivity index (χ4v) is 2.91. The quantitative estimate of drug-likeness (QED) is 0.536. The molecule has 3 rings (SSSR count). The maximum Gasteiger partial charge on any atom is 0.336 e. The van der Waals surface area contributed by atoms with Gasteiger partial charge in [0.1, 0.15) is 6.61 Å². The number of aryl methyl sites for hydroxylation is 1. The summed E-state index contributed by atoms with van der Waals surface area (Å²) in [6.07, 6.45) is 0.491. The number of rotatable bonds is 9. The highest BCUT2D eigenvalue weighted by Gasteiger charge is 2.15. The number of carbonyl (C=O) groups is 1. The molecule has 1 heterocycles. The Morgan fingerprint density at radius 1 is 1.07 bits per heavy atom. The number of ether oxygens (including phenoxy) is 2. The van der Waals surface area contributed by atoms with E-state index in [0.29, 0.717) is 31.4 Å². The van der Waals surface area contributed by atoms with Crippen LogP contribution in [0.15, 0.2) is 48.5 Å². The van der Waals surface area contributed by atoms with Crippen molar-refractivity contribution in [3.63, 3.8) is 0 Å². The summed E-state index contributed by atoms with van der Waals surface area (Å²) in [6.45, 7) is 6.91. The van der Waals surface area contributed by atoms with E-state index in [1.54, 1.807) is 11.8 Å². The van der Waals surface area contributed by atoms with Crippen LogP contribution in [0.1, 0.15) is 25.8 Å². The van der Waals surface area contributed by atoms with Gasteiger partial charge in [0.15, 0.2) is 5.82 Å². The van der Waals surface area contributed by atoms with E-state index >= 15 is 0 Å². The Morgan fingerprint density at radius 3 is 2.40 bits per heavy atom. The monoisotopic (exact) mass is 408 g/mol. The van der Waals surface area contributed by atoms with E-state index < -0.39 is 0 Å². The third-order valence-corrected chi connectivity index (χ3v) is 4.41. The first-order valence-corrected chi connectivity index (χ1v) is 10.0. The summed E-state index contributed by atoms with van der Waals surface area (Å²) in [7, 11) is 1.62. The Labute approximate surface area is 177 Å². The van der Waals surface area contributed by atoms with Gasteiger partial charge in [0, 0.05) is 24.8 Å². The third kappa shape index (κ3) is 5.67. The summed E-state index contributed by atoms with van der Waals surface area (Å²) in [5.74, 6) is 1.000. The molecule has 1 aromatic heterocycles. The molecule has 1 N–H and O–H groups in total. The smallest absolute Gasteiger partial charge is 0.336 e. The van der Waals surface area contributed by atoms with Gasteiger partial charge in [-0.05, 0) is 37.1 Å². The van der Waals surface area contributed by atoms with Gasteiger partial charge in [-0.2, -0.15) is 4.98 Å². The van der Waals surface area contributed by atoms with Crippen LogP contribution in [0.25, 0.3) is 17.1 Å². The topological polar surface area (TPSA) is 78.3 Å². The molecule has 7 heteroatoms. The molecule has 0 radical (unpaired) electrons. The van der Waals surface area contributed by atoms with Gasteiger partial charge < -0.3 is 14.8 Å². The van der Waals surface area contributed by atoms with E-state index in [4.69, 9.17) is 9.47 Å². The Balaban J connectivity index is 1.87. The number of hydrogen-bond acceptors (Lipinski definition) is 5. The van der Waals surface area contributed by atoms with Crippen molar-refractivity contribution in [3.05, 3.63) is 54.1 Å². The molecule has 0 aliphatic heterocycles. The lowest BCUT2D eigenvalue weighted by atomic mass is 10.1. The molecule has 0 saturated carbocycles. The van der Waals surface area contributed by atoms with E-state index in [9.17, 15) is 4.79 Å². The van der Waals surface area contributed by atoms with Crippen LogP contribution in [0.3, 0.4) is 0 Å². The molecular formula is C23H28N4O3. The number of nitrogens with zero attached hydrogens (tertiary/aromatic N) is 3. The predicted molar refractivity (Wildman–Crippen MR) is 117 cm³/mol. The lowest BCUT2D eigenvalue weighted by Crippen LogP contribution is -2.13. The zero-order valence-electron chi connectivity index (χ0n) is 17.9. The first-order chi connectivity index (χ1) is 14.5. The SMILES string of the molecule is COCCOc1nc(-c2ccc(C)cc2)n(-c2ccc(NC(=O)CC(C)C)cc2)n1. The Hall–Kier alpha value is -3.19. The number of benzene rings is 2. The fourth-order valence-electron chi connectivity index (χ4n) is 2.91. The highest BCUT2D eigenvalue weighted by molar-refractivity contribution is 5.90. The lowest BCUT2D eigenvalue weighted by molar-refractivity contribution is -0.116. The molecule has 30 heavy (non-hydrogen) atoms. The van der Waals surface area contributed by atoms with Crippen molar-refractivity contribution < 1.29 is 14.3 Å². The second-order valence-electron chi connectivity index (χ2n) is 7.53. The molecule has 0 aliphatic carbocycles. The number of aromatic nitrogens is 3. The molecule has 0 fully saturated rings. The summed E-state index contributed by atoms with van der Waals surface area (Å²) in [6, 6.07) is 15.9. The second kappa shape index (κ2) is 10.0. The Kier molecular flexibility index (Phi) is 7.19. The highest BCUT2D eigenvalue weighted by Crippen LogP contribution is 2.25. The van der Waals surface area contributed by atoms with E-state index in [2.05, 4.69) is 15.4 Å². The Bertz CT molecular complexity index is 963. The first-order valence-electron chi connectivity index (χ1n) is 10.0. The van der Waals surface area contributed by atoms with Crippen LogP contribution in [-0.2, 0) is 9.53 Å². The third-order valence-electron chi connectivity index (χ3n) is 4.41. The molecule has 0 aliphatic rings. The molecule has 0 atom stereocenters. The standard InChI is InChI=1S/C23H28N4O3/c1-16(2)15-21(28)24-19-9-11-20(12-10-19)27-22(18-7-5-17(3)6-8-18)25-23(26-27)30-14-13-29-4/h5-12,16H,13-15H2,1-4H3,(H,24,28). The zero-order chi connectivity index (χ0) is 21.5. The van der Waals surface area contributed by atoms with Gasteiger partial charge in [0.25, 0.3) is 0 Å². The van der Waals surface area contributed by atoms with Crippen molar-refractivity contribution in [2.24, 2.45) is 5.92 Å². The van der Waals surface area contributed by atoms with Gasteiger partial charge in [-0.25, -0.2) is 4.68 Å². The van der Waals surface area contributed by atoms with Crippen LogP contribution in [0.4, 0.5) is 5.69 Å². The van der Waals surface area contributed by atoms with Gasteiger partial charge in [-0.1, -0.05) is 43.7 Å². The van der Waals surface area contributed by atoms with Crippen molar-refractivity contribution in [2.75, 3.05) is 25.6 Å². The van der Waals surface area contributed by atoms with Gasteiger partial charge in [0.2, 0.25) is 5.91 Å². The maximum absolute atomic E-state index is 12.0. The molecule has 2 aromatic carbocycles. The zero-order valence-corrected chi connectivity index (χ0v) is 17.9. The summed E-state index contributed by atoms with van der Waals surface area (Å²) < 4.78 is 12.4. The van der Waals surface area contributed by atoms with Crippen molar-refractivity contribution in [3.8, 4) is 23.1 Å². The average molecular weight is 409 g/mol. The van der Waals surface area contributed by atoms with Crippen LogP contribution >= 0.6 is 0 Å². The van der Waals surface area contributed by atoms with Gasteiger partial charge in [0.05, 0.1) is 12.3 Å². The average Bonchev–Trinajstić information content (AvgIpc) is 3.13. The molecule has 0 saturated heterocycles. The van der Waals surface area contributed by atoms with E-state index in [1.807, 2.05) is 69.3 Å². The molecule has 1 amide bonds. The van der Waals surface area contributed by atoms with Gasteiger partial charge in [-0.3, -0.25) is 4.79 Å². The summed E-state index contributed by atoms with van der Waals surface area (Å²) in [5.41, 5.74) is 3.67. The second-order valence-corrected chi connectivity index (χ2v) is 7.53. The molecule has 0 unspecified atom stereocenters. The number of carbonyl (C=O) groups excluding carboxylic acids is 1. The first kappa shape index (κ1) is 21.5. The van der Waals surface area contributed by atoms with Gasteiger partial charge in [-0.15, -0.1) is 5.10 Å². The van der Waals surface area contributed by atoms with Crippen molar-refractivity contribution in [1.82, 2.24) is 14.8 Å². The molecule has 7 nitrogen and oxygen atoms in total. The van der Waals surface area contributed by atoms with Crippen LogP contribution in [0, 0.1) is 12.8 Å². The molecule has 0 spiro atoms. The number of anilines is 1. The van der Waals surface area contributed by atoms with Crippen LogP contribution in [-0.4, -0.2) is 41.0 Å². The number of methoxy groups -OCH3 is 1. The Morgan fingerprint density at radius 2 is 1.77 bits per heavy atom.